The van der Waals surface area contributed by atoms with Crippen LogP contribution in [0.4, 0.5) is 0 Å². The zero-order valence-electron chi connectivity index (χ0n) is 11.9. The number of carbonyl (C=O) groups is 1. The van der Waals surface area contributed by atoms with Gasteiger partial charge in [0.1, 0.15) is 5.75 Å². The molecule has 0 aliphatic heterocycles. The summed E-state index contributed by atoms with van der Waals surface area (Å²) in [6, 6.07) is 6.35. The van der Waals surface area contributed by atoms with E-state index in [2.05, 4.69) is 10.5 Å². The molecular formula is C15H13ClN2O5. The molecule has 0 aliphatic rings. The summed E-state index contributed by atoms with van der Waals surface area (Å²) in [5.74, 6) is -2.77. The fourth-order valence-corrected chi connectivity index (χ4v) is 1.96. The Labute approximate surface area is 136 Å². The second-order valence-corrected chi connectivity index (χ2v) is 5.10. The zero-order valence-corrected chi connectivity index (χ0v) is 12.7. The monoisotopic (exact) mass is 336 g/mol. The Bertz CT molecular complexity index is 781. The van der Waals surface area contributed by atoms with Crippen LogP contribution in [0.2, 0.25) is 5.02 Å². The van der Waals surface area contributed by atoms with E-state index >= 15 is 0 Å². The number of amides is 1. The minimum atomic E-state index is -0.725. The van der Waals surface area contributed by atoms with Gasteiger partial charge in [0.15, 0.2) is 17.2 Å². The maximum Gasteiger partial charge on any atom is 0.271 e. The summed E-state index contributed by atoms with van der Waals surface area (Å²) in [5, 5.41) is 42.0. The molecule has 8 heteroatoms. The summed E-state index contributed by atoms with van der Waals surface area (Å²) in [7, 11) is 0. The number of hydrazone groups is 1. The number of phenols is 4. The quantitative estimate of drug-likeness (QED) is 0.334. The molecule has 0 radical (unpaired) electrons. The highest BCUT2D eigenvalue weighted by Gasteiger charge is 2.13. The largest absolute Gasteiger partial charge is 0.507 e. The summed E-state index contributed by atoms with van der Waals surface area (Å²) < 4.78 is 0. The van der Waals surface area contributed by atoms with Crippen molar-refractivity contribution in [3.8, 4) is 23.0 Å². The molecule has 0 saturated heterocycles. The predicted molar refractivity (Wildman–Crippen MR) is 84.2 cm³/mol. The highest BCUT2D eigenvalue weighted by molar-refractivity contribution is 6.31. The standard InChI is InChI=1S/C15H13ClN2O5/c1-7(10-6-9(16)2-3-11(10)19)17-18-15(23)8-4-12(20)14(22)13(21)5-8/h2-6,19-22H,1H3,(H,18,23)/b17-7-. The molecule has 23 heavy (non-hydrogen) atoms. The van der Waals surface area contributed by atoms with Gasteiger partial charge in [0.25, 0.3) is 5.91 Å². The van der Waals surface area contributed by atoms with Crippen LogP contribution < -0.4 is 5.43 Å². The SMILES string of the molecule is C/C(=N/NC(=O)c1cc(O)c(O)c(O)c1)c1cc(Cl)ccc1O. The minimum Gasteiger partial charge on any atom is -0.507 e. The molecule has 120 valence electrons. The predicted octanol–water partition coefficient (Wildman–Crippen LogP) is 2.32. The molecule has 0 saturated carbocycles. The third-order valence-electron chi connectivity index (χ3n) is 3.01. The van der Waals surface area contributed by atoms with Gasteiger partial charge in [-0.2, -0.15) is 5.10 Å². The molecule has 0 unspecified atom stereocenters. The molecule has 7 nitrogen and oxygen atoms in total. The van der Waals surface area contributed by atoms with Crippen molar-refractivity contribution in [2.24, 2.45) is 5.10 Å². The fourth-order valence-electron chi connectivity index (χ4n) is 1.79. The first-order valence-electron chi connectivity index (χ1n) is 6.38. The number of nitrogens with one attached hydrogen (secondary N) is 1. The Kier molecular flexibility index (Phi) is 4.61. The average molecular weight is 337 g/mol. The molecule has 5 N–H and O–H groups in total. The lowest BCUT2D eigenvalue weighted by Crippen LogP contribution is -2.19. The number of nitrogens with zero attached hydrogens (tertiary/aromatic N) is 1. The van der Waals surface area contributed by atoms with E-state index in [0.717, 1.165) is 12.1 Å². The third kappa shape index (κ3) is 3.64. The van der Waals surface area contributed by atoms with Gasteiger partial charge in [-0.1, -0.05) is 11.6 Å². The summed E-state index contributed by atoms with van der Waals surface area (Å²) >= 11 is 5.84. The Morgan fingerprint density at radius 2 is 1.65 bits per heavy atom. The van der Waals surface area contributed by atoms with Crippen LogP contribution in [0.5, 0.6) is 23.0 Å². The van der Waals surface area contributed by atoms with Crippen molar-refractivity contribution >= 4 is 23.2 Å². The van der Waals surface area contributed by atoms with E-state index in [9.17, 15) is 25.2 Å². The second-order valence-electron chi connectivity index (χ2n) is 4.66. The van der Waals surface area contributed by atoms with Crippen LogP contribution >= 0.6 is 11.6 Å². The lowest BCUT2D eigenvalue weighted by atomic mass is 10.1. The summed E-state index contributed by atoms with van der Waals surface area (Å²) in [5.41, 5.74) is 2.74. The van der Waals surface area contributed by atoms with Crippen molar-refractivity contribution in [2.45, 2.75) is 6.92 Å². The fraction of sp³-hybridized carbons (Fsp3) is 0.0667. The normalized spacial score (nSPS) is 11.3. The molecular weight excluding hydrogens is 324 g/mol. The first-order valence-corrected chi connectivity index (χ1v) is 6.76. The van der Waals surface area contributed by atoms with Crippen molar-refractivity contribution in [1.82, 2.24) is 5.43 Å². The van der Waals surface area contributed by atoms with Crippen molar-refractivity contribution in [2.75, 3.05) is 0 Å². The number of hydrogen-bond acceptors (Lipinski definition) is 6. The van der Waals surface area contributed by atoms with E-state index < -0.39 is 23.2 Å². The van der Waals surface area contributed by atoms with E-state index in [1.54, 1.807) is 6.92 Å². The van der Waals surface area contributed by atoms with Gasteiger partial charge in [0.2, 0.25) is 0 Å². The zero-order chi connectivity index (χ0) is 17.1. The molecule has 0 atom stereocenters. The summed E-state index contributed by atoms with van der Waals surface area (Å²) in [4.78, 5) is 11.9. The number of phenolic OH excluding ortho intramolecular Hbond substituents is 4. The molecule has 0 fully saturated rings. The molecule has 0 aliphatic carbocycles. The maximum atomic E-state index is 11.9. The van der Waals surface area contributed by atoms with Crippen molar-refractivity contribution in [3.05, 3.63) is 46.5 Å². The Balaban J connectivity index is 2.22. The van der Waals surface area contributed by atoms with E-state index in [-0.39, 0.29) is 11.3 Å². The lowest BCUT2D eigenvalue weighted by molar-refractivity contribution is 0.0954. The number of benzene rings is 2. The summed E-state index contributed by atoms with van der Waals surface area (Å²) in [6.07, 6.45) is 0. The molecule has 0 spiro atoms. The van der Waals surface area contributed by atoms with Gasteiger partial charge in [-0.05, 0) is 37.3 Å². The van der Waals surface area contributed by atoms with Gasteiger partial charge >= 0.3 is 0 Å². The molecule has 2 aromatic rings. The minimum absolute atomic E-state index is 0.0511. The molecule has 2 rings (SSSR count). The van der Waals surface area contributed by atoms with Gasteiger partial charge in [0, 0.05) is 16.1 Å². The van der Waals surface area contributed by atoms with Crippen molar-refractivity contribution in [3.63, 3.8) is 0 Å². The molecule has 0 heterocycles. The highest BCUT2D eigenvalue weighted by Crippen LogP contribution is 2.35. The first-order chi connectivity index (χ1) is 10.8. The number of halogens is 1. The van der Waals surface area contributed by atoms with Gasteiger partial charge in [-0.25, -0.2) is 5.43 Å². The highest BCUT2D eigenvalue weighted by atomic mass is 35.5. The van der Waals surface area contributed by atoms with Crippen LogP contribution in [0.15, 0.2) is 35.4 Å². The number of carbonyl (C=O) groups excluding carboxylic acids is 1. The van der Waals surface area contributed by atoms with Gasteiger partial charge < -0.3 is 20.4 Å². The van der Waals surface area contributed by atoms with Crippen LogP contribution in [-0.4, -0.2) is 32.0 Å². The lowest BCUT2D eigenvalue weighted by Gasteiger charge is -2.07. The smallest absolute Gasteiger partial charge is 0.271 e. The maximum absolute atomic E-state index is 11.9. The third-order valence-corrected chi connectivity index (χ3v) is 3.24. The molecule has 0 bridgehead atoms. The molecule has 1 amide bonds. The van der Waals surface area contributed by atoms with Gasteiger partial charge in [-0.3, -0.25) is 4.79 Å². The number of hydrogen-bond donors (Lipinski definition) is 5. The van der Waals surface area contributed by atoms with E-state index in [4.69, 9.17) is 11.6 Å². The summed E-state index contributed by atoms with van der Waals surface area (Å²) in [6.45, 7) is 1.55. The van der Waals surface area contributed by atoms with Crippen LogP contribution in [0.3, 0.4) is 0 Å². The Morgan fingerprint density at radius 3 is 2.26 bits per heavy atom. The van der Waals surface area contributed by atoms with Gasteiger partial charge in [-0.15, -0.1) is 0 Å². The van der Waals surface area contributed by atoms with Crippen molar-refractivity contribution < 1.29 is 25.2 Å². The Hall–Kier alpha value is -2.93. The van der Waals surface area contributed by atoms with Crippen molar-refractivity contribution in [1.29, 1.82) is 0 Å². The Morgan fingerprint density at radius 1 is 1.04 bits per heavy atom. The van der Waals surface area contributed by atoms with Gasteiger partial charge in [0.05, 0.1) is 5.71 Å². The second kappa shape index (κ2) is 6.45. The van der Waals surface area contributed by atoms with Crippen LogP contribution in [0, 0.1) is 0 Å². The number of rotatable bonds is 3. The molecule has 0 aromatic heterocycles. The topological polar surface area (TPSA) is 122 Å². The first kappa shape index (κ1) is 16.4. The van der Waals surface area contributed by atoms with Crippen LogP contribution in [0.1, 0.15) is 22.8 Å². The van der Waals surface area contributed by atoms with E-state index in [0.29, 0.717) is 16.3 Å². The molecule has 2 aromatic carbocycles. The van der Waals surface area contributed by atoms with E-state index in [1.165, 1.54) is 18.2 Å². The van der Waals surface area contributed by atoms with Crippen LogP contribution in [0.25, 0.3) is 0 Å². The number of aromatic hydroxyl groups is 4. The van der Waals surface area contributed by atoms with E-state index in [1.807, 2.05) is 0 Å². The van der Waals surface area contributed by atoms with Crippen LogP contribution in [-0.2, 0) is 0 Å². The average Bonchev–Trinajstić information content (AvgIpc) is 2.51.